The van der Waals surface area contributed by atoms with Gasteiger partial charge < -0.3 is 4.74 Å². The molecular formula is C21H17Cl2N3O5S. The van der Waals surface area contributed by atoms with Gasteiger partial charge in [0.15, 0.2) is 0 Å². The fourth-order valence-corrected chi connectivity index (χ4v) is 3.98. The van der Waals surface area contributed by atoms with Crippen molar-refractivity contribution in [3.8, 4) is 5.75 Å². The first-order valence-corrected chi connectivity index (χ1v) is 11.3. The molecule has 0 atom stereocenters. The molecule has 0 bridgehead atoms. The molecule has 0 aliphatic carbocycles. The molecule has 0 fully saturated rings. The molecule has 11 heteroatoms. The average Bonchev–Trinajstić information content (AvgIpc) is 2.78. The Kier molecular flexibility index (Phi) is 7.24. The summed E-state index contributed by atoms with van der Waals surface area (Å²) in [6.07, 6.45) is 0. The molecule has 0 unspecified atom stereocenters. The molecule has 0 saturated carbocycles. The van der Waals surface area contributed by atoms with Gasteiger partial charge in [-0.3, -0.25) is 25.2 Å². The molecule has 3 aromatic rings. The molecule has 0 radical (unpaired) electrons. The van der Waals surface area contributed by atoms with Gasteiger partial charge in [-0.1, -0.05) is 23.2 Å². The van der Waals surface area contributed by atoms with Crippen LogP contribution < -0.4 is 20.3 Å². The van der Waals surface area contributed by atoms with Crippen molar-refractivity contribution in [3.05, 3.63) is 87.9 Å². The third-order valence-electron chi connectivity index (χ3n) is 4.22. The Hall–Kier alpha value is -3.27. The summed E-state index contributed by atoms with van der Waals surface area (Å²) in [6.45, 7) is 0. The number of anilines is 1. The van der Waals surface area contributed by atoms with Crippen LogP contribution in [-0.2, 0) is 10.0 Å². The van der Waals surface area contributed by atoms with Gasteiger partial charge >= 0.3 is 0 Å². The van der Waals surface area contributed by atoms with Gasteiger partial charge in [-0.05, 0) is 66.7 Å². The number of hydrazine groups is 1. The third kappa shape index (κ3) is 5.70. The highest BCUT2D eigenvalue weighted by Crippen LogP contribution is 2.22. The minimum atomic E-state index is -3.86. The Morgan fingerprint density at radius 2 is 1.41 bits per heavy atom. The molecule has 0 spiro atoms. The number of rotatable bonds is 6. The Morgan fingerprint density at radius 1 is 0.812 bits per heavy atom. The standard InChI is InChI=1S/C21H17Cl2N3O5S/c1-31-19-11-6-15(23)12-18(19)21(28)25-24-20(27)13-2-9-17(10-3-13)32(29,30)26-16-7-4-14(22)5-8-16/h2-12,26H,1H3,(H,24,27)(H,25,28). The molecule has 0 aromatic heterocycles. The highest BCUT2D eigenvalue weighted by molar-refractivity contribution is 7.92. The maximum Gasteiger partial charge on any atom is 0.273 e. The van der Waals surface area contributed by atoms with Crippen LogP contribution in [0.3, 0.4) is 0 Å². The molecule has 0 aliphatic rings. The smallest absolute Gasteiger partial charge is 0.273 e. The van der Waals surface area contributed by atoms with E-state index in [0.717, 1.165) is 0 Å². The molecule has 3 N–H and O–H groups in total. The number of methoxy groups -OCH3 is 1. The SMILES string of the molecule is COc1ccc(Cl)cc1C(=O)NNC(=O)c1ccc(S(=O)(=O)Nc2ccc(Cl)cc2)cc1. The van der Waals surface area contributed by atoms with E-state index >= 15 is 0 Å². The van der Waals surface area contributed by atoms with Gasteiger partial charge in [0.05, 0.1) is 17.6 Å². The second kappa shape index (κ2) is 9.90. The number of sulfonamides is 1. The van der Waals surface area contributed by atoms with E-state index < -0.39 is 21.8 Å². The zero-order valence-electron chi connectivity index (χ0n) is 16.6. The zero-order chi connectivity index (χ0) is 23.3. The summed E-state index contributed by atoms with van der Waals surface area (Å²) in [5.74, 6) is -0.998. The van der Waals surface area contributed by atoms with Crippen molar-refractivity contribution in [3.63, 3.8) is 0 Å². The van der Waals surface area contributed by atoms with Crippen LogP contribution >= 0.6 is 23.2 Å². The van der Waals surface area contributed by atoms with E-state index in [1.807, 2.05) is 0 Å². The van der Waals surface area contributed by atoms with Gasteiger partial charge in [-0.2, -0.15) is 0 Å². The molecule has 0 aliphatic heterocycles. The number of nitrogens with one attached hydrogen (secondary N) is 3. The van der Waals surface area contributed by atoms with E-state index in [9.17, 15) is 18.0 Å². The van der Waals surface area contributed by atoms with Gasteiger partial charge in [0.1, 0.15) is 5.75 Å². The fraction of sp³-hybridized carbons (Fsp3) is 0.0476. The maximum atomic E-state index is 12.5. The number of hydrogen-bond donors (Lipinski definition) is 3. The lowest BCUT2D eigenvalue weighted by Crippen LogP contribution is -2.41. The van der Waals surface area contributed by atoms with Crippen LogP contribution in [0.4, 0.5) is 5.69 Å². The van der Waals surface area contributed by atoms with Crippen LogP contribution in [0.15, 0.2) is 71.6 Å². The normalized spacial score (nSPS) is 10.8. The number of ether oxygens (including phenoxy) is 1. The first kappa shape index (κ1) is 23.4. The van der Waals surface area contributed by atoms with Gasteiger partial charge in [-0.15, -0.1) is 0 Å². The lowest BCUT2D eigenvalue weighted by atomic mass is 10.2. The monoisotopic (exact) mass is 493 g/mol. The number of halogens is 2. The predicted octanol–water partition coefficient (Wildman–Crippen LogP) is 3.88. The summed E-state index contributed by atoms with van der Waals surface area (Å²) in [7, 11) is -2.46. The molecular weight excluding hydrogens is 477 g/mol. The Labute approximate surface area is 194 Å². The van der Waals surface area contributed by atoms with E-state index in [2.05, 4.69) is 15.6 Å². The number of amides is 2. The molecule has 3 aromatic carbocycles. The molecule has 166 valence electrons. The Balaban J connectivity index is 1.65. The van der Waals surface area contributed by atoms with Gasteiger partial charge in [-0.25, -0.2) is 8.42 Å². The summed E-state index contributed by atoms with van der Waals surface area (Å²) in [5, 5.41) is 0.801. The van der Waals surface area contributed by atoms with Crippen LogP contribution in [0.2, 0.25) is 10.0 Å². The van der Waals surface area contributed by atoms with Crippen molar-refractivity contribution in [2.24, 2.45) is 0 Å². The summed E-state index contributed by atoms with van der Waals surface area (Å²) in [5.41, 5.74) is 5.13. The number of hydrogen-bond acceptors (Lipinski definition) is 5. The highest BCUT2D eigenvalue weighted by atomic mass is 35.5. The summed E-state index contributed by atoms with van der Waals surface area (Å²) >= 11 is 11.7. The van der Waals surface area contributed by atoms with Crippen molar-refractivity contribution in [2.45, 2.75) is 4.90 Å². The highest BCUT2D eigenvalue weighted by Gasteiger charge is 2.17. The van der Waals surface area contributed by atoms with Crippen molar-refractivity contribution in [1.29, 1.82) is 0 Å². The zero-order valence-corrected chi connectivity index (χ0v) is 18.9. The Bertz CT molecular complexity index is 1250. The molecule has 32 heavy (non-hydrogen) atoms. The second-order valence-corrected chi connectivity index (χ2v) is 8.94. The number of carbonyl (C=O) groups excluding carboxylic acids is 2. The summed E-state index contributed by atoms with van der Waals surface area (Å²) < 4.78 is 32.5. The molecule has 0 saturated heterocycles. The van der Waals surface area contributed by atoms with Crippen LogP contribution in [0.1, 0.15) is 20.7 Å². The van der Waals surface area contributed by atoms with Crippen LogP contribution in [-0.4, -0.2) is 27.3 Å². The van der Waals surface area contributed by atoms with Crippen LogP contribution in [0.5, 0.6) is 5.75 Å². The topological polar surface area (TPSA) is 114 Å². The van der Waals surface area contributed by atoms with Crippen molar-refractivity contribution in [1.82, 2.24) is 10.9 Å². The van der Waals surface area contributed by atoms with E-state index in [0.29, 0.717) is 15.7 Å². The van der Waals surface area contributed by atoms with Gasteiger partial charge in [0.2, 0.25) is 0 Å². The molecule has 8 nitrogen and oxygen atoms in total. The average molecular weight is 494 g/mol. The van der Waals surface area contributed by atoms with Crippen LogP contribution in [0.25, 0.3) is 0 Å². The molecule has 2 amide bonds. The Morgan fingerprint density at radius 3 is 2.03 bits per heavy atom. The third-order valence-corrected chi connectivity index (χ3v) is 6.10. The van der Waals surface area contributed by atoms with Crippen molar-refractivity contribution < 1.29 is 22.7 Å². The van der Waals surface area contributed by atoms with E-state index in [-0.39, 0.29) is 21.8 Å². The summed E-state index contributed by atoms with van der Waals surface area (Å²) in [4.78, 5) is 24.6. The fourth-order valence-electron chi connectivity index (χ4n) is 2.63. The first-order chi connectivity index (χ1) is 15.2. The lowest BCUT2D eigenvalue weighted by Gasteiger charge is -2.11. The summed E-state index contributed by atoms with van der Waals surface area (Å²) in [6, 6.07) is 15.8. The molecule has 0 heterocycles. The van der Waals surface area contributed by atoms with Crippen molar-refractivity contribution in [2.75, 3.05) is 11.8 Å². The van der Waals surface area contributed by atoms with Gasteiger partial charge in [0.25, 0.3) is 21.8 Å². The first-order valence-electron chi connectivity index (χ1n) is 9.02. The van der Waals surface area contributed by atoms with Crippen molar-refractivity contribution >= 4 is 50.7 Å². The quantitative estimate of drug-likeness (QED) is 0.451. The lowest BCUT2D eigenvalue weighted by molar-refractivity contribution is 0.0845. The minimum absolute atomic E-state index is 0.0447. The predicted molar refractivity (Wildman–Crippen MR) is 122 cm³/mol. The van der Waals surface area contributed by atoms with E-state index in [4.69, 9.17) is 27.9 Å². The number of benzene rings is 3. The van der Waals surface area contributed by atoms with Gasteiger partial charge in [0, 0.05) is 21.3 Å². The molecule has 3 rings (SSSR count). The maximum absolute atomic E-state index is 12.5. The largest absolute Gasteiger partial charge is 0.496 e. The van der Waals surface area contributed by atoms with E-state index in [1.165, 1.54) is 55.6 Å². The van der Waals surface area contributed by atoms with Crippen LogP contribution in [0, 0.1) is 0 Å². The second-order valence-electron chi connectivity index (χ2n) is 6.39. The minimum Gasteiger partial charge on any atom is -0.496 e. The number of carbonyl (C=O) groups is 2. The van der Waals surface area contributed by atoms with E-state index in [1.54, 1.807) is 18.2 Å².